The summed E-state index contributed by atoms with van der Waals surface area (Å²) < 4.78 is 4.08. The van der Waals surface area contributed by atoms with Crippen molar-refractivity contribution < 1.29 is 0 Å². The predicted octanol–water partition coefficient (Wildman–Crippen LogP) is 2.66. The zero-order chi connectivity index (χ0) is 18.8. The van der Waals surface area contributed by atoms with E-state index in [9.17, 15) is 0 Å². The van der Waals surface area contributed by atoms with Gasteiger partial charge >= 0.3 is 0 Å². The van der Waals surface area contributed by atoms with Crippen LogP contribution in [0.15, 0.2) is 67.0 Å². The van der Waals surface area contributed by atoms with Crippen LogP contribution in [0.1, 0.15) is 17.0 Å². The normalized spacial score (nSPS) is 13.5. The molecule has 4 aromatic rings. The summed E-state index contributed by atoms with van der Waals surface area (Å²) in [6.45, 7) is 2.55. The molecule has 7 nitrogen and oxygen atoms in total. The molecular formula is C21H21N7. The molecule has 0 spiro atoms. The quantitative estimate of drug-likeness (QED) is 0.540. The number of hydrogen-bond acceptors (Lipinski definition) is 5. The smallest absolute Gasteiger partial charge is 0.250 e. The third kappa shape index (κ3) is 3.15. The average molecular weight is 371 g/mol. The fraction of sp³-hybridized carbons (Fsp3) is 0.238. The highest BCUT2D eigenvalue weighted by Gasteiger charge is 2.25. The number of fused-ring (bicyclic) bond motifs is 1. The maximum atomic E-state index is 4.67. The first-order chi connectivity index (χ1) is 13.9. The van der Waals surface area contributed by atoms with Gasteiger partial charge in [0.15, 0.2) is 0 Å². The van der Waals surface area contributed by atoms with Gasteiger partial charge in [-0.05, 0) is 34.5 Å². The topological polar surface area (TPSA) is 64.7 Å². The van der Waals surface area contributed by atoms with Gasteiger partial charge in [0.1, 0.15) is 0 Å². The van der Waals surface area contributed by atoms with E-state index in [0.29, 0.717) is 0 Å². The van der Waals surface area contributed by atoms with Crippen LogP contribution in [0.4, 0.5) is 5.95 Å². The van der Waals surface area contributed by atoms with Gasteiger partial charge in [0, 0.05) is 25.2 Å². The number of hydrogen-bond donors (Lipinski definition) is 0. The highest BCUT2D eigenvalue weighted by molar-refractivity contribution is 5.42. The molecule has 7 heteroatoms. The summed E-state index contributed by atoms with van der Waals surface area (Å²) in [7, 11) is 0. The first kappa shape index (κ1) is 16.7. The van der Waals surface area contributed by atoms with Crippen LogP contribution in [0.2, 0.25) is 0 Å². The Kier molecular flexibility index (Phi) is 4.33. The second kappa shape index (κ2) is 7.26. The van der Waals surface area contributed by atoms with Crippen molar-refractivity contribution in [3.63, 3.8) is 0 Å². The molecule has 2 aromatic carbocycles. The van der Waals surface area contributed by atoms with Gasteiger partial charge in [-0.25, -0.2) is 4.98 Å². The number of benzene rings is 2. The minimum Gasteiger partial charge on any atom is -0.334 e. The number of tetrazole rings is 1. The molecule has 0 aliphatic carbocycles. The second-order valence-electron chi connectivity index (χ2n) is 6.96. The summed E-state index contributed by atoms with van der Waals surface area (Å²) in [6.07, 6.45) is 3.92. The van der Waals surface area contributed by atoms with Gasteiger partial charge in [-0.1, -0.05) is 53.6 Å². The molecule has 0 radical (unpaired) electrons. The molecule has 0 saturated heterocycles. The van der Waals surface area contributed by atoms with E-state index in [2.05, 4.69) is 60.3 Å². The zero-order valence-corrected chi connectivity index (χ0v) is 15.5. The second-order valence-corrected chi connectivity index (χ2v) is 6.96. The molecule has 2 aromatic heterocycles. The Labute approximate surface area is 163 Å². The van der Waals surface area contributed by atoms with Crippen LogP contribution >= 0.6 is 0 Å². The largest absolute Gasteiger partial charge is 0.334 e. The number of rotatable bonds is 5. The molecule has 0 amide bonds. The molecule has 0 unspecified atom stereocenters. The molecular weight excluding hydrogens is 350 g/mol. The van der Waals surface area contributed by atoms with Crippen LogP contribution in [0.5, 0.6) is 0 Å². The maximum Gasteiger partial charge on any atom is 0.250 e. The first-order valence-corrected chi connectivity index (χ1v) is 9.54. The summed E-state index contributed by atoms with van der Waals surface area (Å²) in [5.74, 6) is 0.760. The number of aryl methyl sites for hydroxylation is 2. The fourth-order valence-corrected chi connectivity index (χ4v) is 3.74. The van der Waals surface area contributed by atoms with Gasteiger partial charge in [-0.3, -0.25) is 0 Å². The third-order valence-corrected chi connectivity index (χ3v) is 5.21. The summed E-state index contributed by atoms with van der Waals surface area (Å²) in [6, 6.07) is 20.6. The van der Waals surface area contributed by atoms with E-state index in [-0.39, 0.29) is 0 Å². The lowest BCUT2D eigenvalue weighted by Crippen LogP contribution is -2.33. The fourth-order valence-electron chi connectivity index (χ4n) is 3.74. The first-order valence-electron chi connectivity index (χ1n) is 9.54. The van der Waals surface area contributed by atoms with E-state index < -0.39 is 0 Å². The minimum absolute atomic E-state index is 0.723. The number of aromatic nitrogens is 6. The molecule has 0 bridgehead atoms. The van der Waals surface area contributed by atoms with Gasteiger partial charge in [0.05, 0.1) is 24.3 Å². The molecule has 1 aliphatic heterocycles. The van der Waals surface area contributed by atoms with E-state index in [1.54, 1.807) is 4.68 Å². The Morgan fingerprint density at radius 3 is 2.54 bits per heavy atom. The highest BCUT2D eigenvalue weighted by Crippen LogP contribution is 2.23. The van der Waals surface area contributed by atoms with E-state index in [1.807, 2.05) is 36.7 Å². The lowest BCUT2D eigenvalue weighted by atomic mass is 10.1. The highest BCUT2D eigenvalue weighted by atomic mass is 15.6. The predicted molar refractivity (Wildman–Crippen MR) is 106 cm³/mol. The van der Waals surface area contributed by atoms with Crippen LogP contribution in [0.25, 0.3) is 5.69 Å². The SMILES string of the molecule is c1ccc(CCn2cnc3c2CCN(c2nnnn2-c2ccccc2)C3)cc1. The zero-order valence-electron chi connectivity index (χ0n) is 15.5. The minimum atomic E-state index is 0.723. The van der Waals surface area contributed by atoms with Crippen LogP contribution < -0.4 is 4.90 Å². The lowest BCUT2D eigenvalue weighted by molar-refractivity contribution is 0.615. The number of nitrogens with zero attached hydrogens (tertiary/aromatic N) is 7. The van der Waals surface area contributed by atoms with Crippen molar-refractivity contribution >= 4 is 5.95 Å². The van der Waals surface area contributed by atoms with E-state index in [4.69, 9.17) is 0 Å². The molecule has 1 aliphatic rings. The van der Waals surface area contributed by atoms with Crippen molar-refractivity contribution in [2.45, 2.75) is 25.9 Å². The van der Waals surface area contributed by atoms with Crippen LogP contribution in [-0.4, -0.2) is 36.3 Å². The molecule has 0 atom stereocenters. The standard InChI is InChI=1S/C21H21N7/c1-3-7-17(8-4-1)11-13-27-16-22-19-15-26(14-12-20(19)27)21-23-24-25-28(21)18-9-5-2-6-10-18/h1-10,16H,11-15H2. The average Bonchev–Trinajstić information content (AvgIpc) is 3.40. The van der Waals surface area contributed by atoms with Crippen molar-refractivity contribution in [3.8, 4) is 5.69 Å². The number of para-hydroxylation sites is 1. The van der Waals surface area contributed by atoms with Gasteiger partial charge < -0.3 is 9.47 Å². The maximum absolute atomic E-state index is 4.67. The summed E-state index contributed by atoms with van der Waals surface area (Å²) >= 11 is 0. The Bertz CT molecular complexity index is 1050. The third-order valence-electron chi connectivity index (χ3n) is 5.21. The van der Waals surface area contributed by atoms with E-state index in [0.717, 1.165) is 49.8 Å². The van der Waals surface area contributed by atoms with Gasteiger partial charge in [-0.2, -0.15) is 4.68 Å². The Morgan fingerprint density at radius 1 is 0.929 bits per heavy atom. The Morgan fingerprint density at radius 2 is 1.71 bits per heavy atom. The Hall–Kier alpha value is -3.48. The van der Waals surface area contributed by atoms with Crippen molar-refractivity contribution in [1.29, 1.82) is 0 Å². The van der Waals surface area contributed by atoms with Crippen LogP contribution in [0, 0.1) is 0 Å². The molecule has 28 heavy (non-hydrogen) atoms. The molecule has 5 rings (SSSR count). The van der Waals surface area contributed by atoms with Gasteiger partial charge in [-0.15, -0.1) is 0 Å². The summed E-state index contributed by atoms with van der Waals surface area (Å²) in [4.78, 5) is 6.87. The van der Waals surface area contributed by atoms with Crippen LogP contribution in [0.3, 0.4) is 0 Å². The molecule has 3 heterocycles. The summed E-state index contributed by atoms with van der Waals surface area (Å²) in [5, 5.41) is 12.3. The van der Waals surface area contributed by atoms with Gasteiger partial charge in [0.2, 0.25) is 0 Å². The van der Waals surface area contributed by atoms with Gasteiger partial charge in [0.25, 0.3) is 5.95 Å². The lowest BCUT2D eigenvalue weighted by Gasteiger charge is -2.27. The molecule has 0 fully saturated rings. The van der Waals surface area contributed by atoms with Crippen molar-refractivity contribution in [3.05, 3.63) is 83.9 Å². The number of anilines is 1. The van der Waals surface area contributed by atoms with E-state index >= 15 is 0 Å². The molecule has 0 saturated carbocycles. The molecule has 140 valence electrons. The number of imidazole rings is 1. The Balaban J connectivity index is 1.33. The molecule has 0 N–H and O–H groups in total. The van der Waals surface area contributed by atoms with Crippen LogP contribution in [-0.2, 0) is 25.9 Å². The van der Waals surface area contributed by atoms with Crippen molar-refractivity contribution in [2.24, 2.45) is 0 Å². The van der Waals surface area contributed by atoms with Crippen molar-refractivity contribution in [2.75, 3.05) is 11.4 Å². The summed E-state index contributed by atoms with van der Waals surface area (Å²) in [5.41, 5.74) is 4.75. The van der Waals surface area contributed by atoms with Crippen molar-refractivity contribution in [1.82, 2.24) is 29.8 Å². The monoisotopic (exact) mass is 371 g/mol. The van der Waals surface area contributed by atoms with E-state index in [1.165, 1.54) is 11.3 Å².